The van der Waals surface area contributed by atoms with Crippen molar-refractivity contribution in [2.24, 2.45) is 0 Å². The van der Waals surface area contributed by atoms with Crippen LogP contribution in [-0.4, -0.2) is 35.2 Å². The monoisotopic (exact) mass is 224 g/mol. The lowest BCUT2D eigenvalue weighted by Crippen LogP contribution is -2.16. The van der Waals surface area contributed by atoms with Gasteiger partial charge in [-0.15, -0.1) is 0 Å². The zero-order chi connectivity index (χ0) is 12.0. The number of anilines is 1. The standard InChI is InChI=1S/C10H12N2O4/c1-2-16-10(15)7-5-11-4-3-8(7)12-6-9(13)14/h3-5H,2,6H2,1H3,(H,11,12)(H,13,14). The fourth-order valence-corrected chi connectivity index (χ4v) is 1.09. The van der Waals surface area contributed by atoms with Gasteiger partial charge in [0.05, 0.1) is 12.3 Å². The number of hydrogen-bond acceptors (Lipinski definition) is 5. The first-order valence-electron chi connectivity index (χ1n) is 4.72. The third kappa shape index (κ3) is 3.23. The quantitative estimate of drug-likeness (QED) is 0.717. The Morgan fingerprint density at radius 1 is 1.56 bits per heavy atom. The van der Waals surface area contributed by atoms with Crippen molar-refractivity contribution in [2.45, 2.75) is 6.92 Å². The lowest BCUT2D eigenvalue weighted by molar-refractivity contribution is -0.134. The summed E-state index contributed by atoms with van der Waals surface area (Å²) >= 11 is 0. The van der Waals surface area contributed by atoms with Crippen LogP contribution >= 0.6 is 0 Å². The number of carboxylic acid groups (broad SMARTS) is 1. The Kier molecular flexibility index (Phi) is 4.26. The zero-order valence-corrected chi connectivity index (χ0v) is 8.77. The van der Waals surface area contributed by atoms with Crippen LogP contribution in [0.3, 0.4) is 0 Å². The highest BCUT2D eigenvalue weighted by atomic mass is 16.5. The molecule has 1 aromatic heterocycles. The maximum absolute atomic E-state index is 11.5. The number of esters is 1. The average molecular weight is 224 g/mol. The van der Waals surface area contributed by atoms with Crippen LogP contribution in [0.2, 0.25) is 0 Å². The molecule has 0 amide bonds. The minimum absolute atomic E-state index is 0.227. The van der Waals surface area contributed by atoms with Crippen LogP contribution in [-0.2, 0) is 9.53 Å². The summed E-state index contributed by atoms with van der Waals surface area (Å²) < 4.78 is 4.81. The van der Waals surface area contributed by atoms with E-state index < -0.39 is 11.9 Å². The van der Waals surface area contributed by atoms with Crippen LogP contribution in [0.5, 0.6) is 0 Å². The second-order valence-electron chi connectivity index (χ2n) is 2.89. The van der Waals surface area contributed by atoms with Crippen LogP contribution in [0, 0.1) is 0 Å². The predicted molar refractivity (Wildman–Crippen MR) is 56.3 cm³/mol. The highest BCUT2D eigenvalue weighted by Crippen LogP contribution is 2.14. The lowest BCUT2D eigenvalue weighted by Gasteiger charge is -2.08. The molecule has 0 unspecified atom stereocenters. The molecule has 6 heteroatoms. The number of aromatic nitrogens is 1. The number of pyridine rings is 1. The maximum atomic E-state index is 11.5. The molecule has 0 spiro atoms. The summed E-state index contributed by atoms with van der Waals surface area (Å²) in [5.74, 6) is -1.53. The number of carbonyl (C=O) groups is 2. The Morgan fingerprint density at radius 2 is 2.31 bits per heavy atom. The van der Waals surface area contributed by atoms with E-state index in [1.54, 1.807) is 6.92 Å². The molecule has 1 heterocycles. The van der Waals surface area contributed by atoms with Crippen LogP contribution in [0.15, 0.2) is 18.5 Å². The van der Waals surface area contributed by atoms with Gasteiger partial charge in [0.15, 0.2) is 0 Å². The van der Waals surface area contributed by atoms with Gasteiger partial charge in [-0.1, -0.05) is 0 Å². The Labute approximate surface area is 92.3 Å². The van der Waals surface area contributed by atoms with Crippen LogP contribution in [0.25, 0.3) is 0 Å². The van der Waals surface area contributed by atoms with Gasteiger partial charge in [-0.2, -0.15) is 0 Å². The molecule has 86 valence electrons. The Hall–Kier alpha value is -2.11. The van der Waals surface area contributed by atoms with E-state index in [9.17, 15) is 9.59 Å². The van der Waals surface area contributed by atoms with E-state index >= 15 is 0 Å². The summed E-state index contributed by atoms with van der Waals surface area (Å²) in [7, 11) is 0. The number of carboxylic acids is 1. The molecule has 0 atom stereocenters. The van der Waals surface area contributed by atoms with Gasteiger partial charge in [0.2, 0.25) is 0 Å². The van der Waals surface area contributed by atoms with E-state index in [0.717, 1.165) is 0 Å². The minimum atomic E-state index is -1.01. The van der Waals surface area contributed by atoms with Gasteiger partial charge in [-0.05, 0) is 13.0 Å². The summed E-state index contributed by atoms with van der Waals surface area (Å²) in [5, 5.41) is 11.1. The summed E-state index contributed by atoms with van der Waals surface area (Å²) in [6, 6.07) is 1.52. The first-order valence-corrected chi connectivity index (χ1v) is 4.72. The summed E-state index contributed by atoms with van der Waals surface area (Å²) in [6.45, 7) is 1.68. The second-order valence-corrected chi connectivity index (χ2v) is 2.89. The van der Waals surface area contributed by atoms with Crippen molar-refractivity contribution in [2.75, 3.05) is 18.5 Å². The van der Waals surface area contributed by atoms with Gasteiger partial charge in [-0.3, -0.25) is 9.78 Å². The topological polar surface area (TPSA) is 88.5 Å². The molecule has 1 aromatic rings. The van der Waals surface area contributed by atoms with E-state index in [-0.39, 0.29) is 18.7 Å². The highest BCUT2D eigenvalue weighted by molar-refractivity contribution is 5.95. The van der Waals surface area contributed by atoms with Crippen molar-refractivity contribution in [3.63, 3.8) is 0 Å². The molecule has 0 bridgehead atoms. The molecular weight excluding hydrogens is 212 g/mol. The predicted octanol–water partition coefficient (Wildman–Crippen LogP) is 0.755. The highest BCUT2D eigenvalue weighted by Gasteiger charge is 2.12. The first-order chi connectivity index (χ1) is 7.65. The summed E-state index contributed by atoms with van der Waals surface area (Å²) in [4.78, 5) is 25.6. The largest absolute Gasteiger partial charge is 0.480 e. The number of rotatable bonds is 5. The number of nitrogens with one attached hydrogen (secondary N) is 1. The SMILES string of the molecule is CCOC(=O)c1cnccc1NCC(=O)O. The van der Waals surface area contributed by atoms with E-state index in [1.807, 2.05) is 0 Å². The van der Waals surface area contributed by atoms with Crippen molar-refractivity contribution in [1.29, 1.82) is 0 Å². The Morgan fingerprint density at radius 3 is 2.94 bits per heavy atom. The molecule has 2 N–H and O–H groups in total. The molecule has 0 aliphatic rings. The third-order valence-corrected chi connectivity index (χ3v) is 1.75. The number of hydrogen-bond donors (Lipinski definition) is 2. The van der Waals surface area contributed by atoms with Crippen molar-refractivity contribution in [1.82, 2.24) is 4.98 Å². The van der Waals surface area contributed by atoms with Gasteiger partial charge < -0.3 is 15.2 Å². The molecule has 16 heavy (non-hydrogen) atoms. The minimum Gasteiger partial charge on any atom is -0.480 e. The van der Waals surface area contributed by atoms with Gasteiger partial charge in [0.25, 0.3) is 0 Å². The fourth-order valence-electron chi connectivity index (χ4n) is 1.09. The molecule has 0 radical (unpaired) electrons. The van der Waals surface area contributed by atoms with Gasteiger partial charge >= 0.3 is 11.9 Å². The average Bonchev–Trinajstić information content (AvgIpc) is 2.27. The van der Waals surface area contributed by atoms with Crippen LogP contribution in [0.4, 0.5) is 5.69 Å². The third-order valence-electron chi connectivity index (χ3n) is 1.75. The van der Waals surface area contributed by atoms with Crippen LogP contribution < -0.4 is 5.32 Å². The molecular formula is C10H12N2O4. The van der Waals surface area contributed by atoms with Gasteiger partial charge in [0.1, 0.15) is 12.1 Å². The summed E-state index contributed by atoms with van der Waals surface area (Å²) in [5.41, 5.74) is 0.626. The molecule has 0 aliphatic heterocycles. The first kappa shape index (κ1) is 12.0. The van der Waals surface area contributed by atoms with Crippen molar-refractivity contribution in [3.05, 3.63) is 24.0 Å². The smallest absolute Gasteiger partial charge is 0.341 e. The number of nitrogens with zero attached hydrogens (tertiary/aromatic N) is 1. The molecule has 0 fully saturated rings. The van der Waals surface area contributed by atoms with E-state index in [2.05, 4.69) is 10.3 Å². The molecule has 1 rings (SSSR count). The molecule has 0 aromatic carbocycles. The molecule has 0 saturated heterocycles. The molecule has 0 aliphatic carbocycles. The molecule has 6 nitrogen and oxygen atoms in total. The number of aliphatic carboxylic acids is 1. The van der Waals surface area contributed by atoms with Gasteiger partial charge in [0, 0.05) is 12.4 Å². The fraction of sp³-hybridized carbons (Fsp3) is 0.300. The maximum Gasteiger partial charge on any atom is 0.341 e. The number of ether oxygens (including phenoxy) is 1. The lowest BCUT2D eigenvalue weighted by atomic mass is 10.2. The Balaban J connectivity index is 2.82. The summed E-state index contributed by atoms with van der Waals surface area (Å²) in [6.07, 6.45) is 2.80. The molecule has 0 saturated carbocycles. The van der Waals surface area contributed by atoms with E-state index in [4.69, 9.17) is 9.84 Å². The van der Waals surface area contributed by atoms with Crippen LogP contribution in [0.1, 0.15) is 17.3 Å². The zero-order valence-electron chi connectivity index (χ0n) is 8.77. The number of carbonyl (C=O) groups excluding carboxylic acids is 1. The van der Waals surface area contributed by atoms with E-state index in [0.29, 0.717) is 5.69 Å². The Bertz CT molecular complexity index is 392. The van der Waals surface area contributed by atoms with Crippen molar-refractivity contribution < 1.29 is 19.4 Å². The normalized spacial score (nSPS) is 9.56. The van der Waals surface area contributed by atoms with Crippen molar-refractivity contribution >= 4 is 17.6 Å². The second kappa shape index (κ2) is 5.69. The van der Waals surface area contributed by atoms with Gasteiger partial charge in [-0.25, -0.2) is 4.79 Å². The van der Waals surface area contributed by atoms with E-state index in [1.165, 1.54) is 18.5 Å². The van der Waals surface area contributed by atoms with Crippen molar-refractivity contribution in [3.8, 4) is 0 Å².